The van der Waals surface area contributed by atoms with Gasteiger partial charge in [-0.25, -0.2) is 8.78 Å². The molecule has 2 nitrogen and oxygen atoms in total. The molecule has 0 spiro atoms. The molecule has 1 N–H and O–H groups in total. The molecule has 0 saturated heterocycles. The maximum atomic E-state index is 12.9. The highest BCUT2D eigenvalue weighted by atomic mass is 19.2. The Labute approximate surface area is 92.7 Å². The Balaban J connectivity index is 2.02. The molecule has 0 atom stereocenters. The number of nitrogens with one attached hydrogen (secondary N) is 1. The highest BCUT2D eigenvalue weighted by Crippen LogP contribution is 2.26. The molecule has 1 aliphatic carbocycles. The topological polar surface area (TPSA) is 29.1 Å². The quantitative estimate of drug-likeness (QED) is 0.823. The van der Waals surface area contributed by atoms with Crippen LogP contribution in [0.3, 0.4) is 0 Å². The van der Waals surface area contributed by atoms with Crippen molar-refractivity contribution in [2.75, 3.05) is 5.32 Å². The molecule has 0 aliphatic heterocycles. The third-order valence-corrected chi connectivity index (χ3v) is 2.91. The minimum absolute atomic E-state index is 0.0214. The second-order valence-corrected chi connectivity index (χ2v) is 4.10. The van der Waals surface area contributed by atoms with Gasteiger partial charge in [-0.1, -0.05) is 12.8 Å². The number of halogens is 2. The number of carbonyl (C=O) groups is 1. The van der Waals surface area contributed by atoms with Gasteiger partial charge in [0, 0.05) is 17.7 Å². The highest BCUT2D eigenvalue weighted by molar-refractivity contribution is 5.92. The fraction of sp³-hybridized carbons (Fsp3) is 0.417. The third kappa shape index (κ3) is 2.38. The average Bonchev–Trinajstić information content (AvgIpc) is 2.77. The standard InChI is InChI=1S/C12H13F2NO/c13-10-6-5-9(7-11(10)14)15-12(16)8-3-1-2-4-8/h5-8H,1-4H2,(H,15,16). The number of rotatable bonds is 2. The van der Waals surface area contributed by atoms with Gasteiger partial charge in [0.2, 0.25) is 5.91 Å². The number of hydrogen-bond donors (Lipinski definition) is 1. The van der Waals surface area contributed by atoms with Crippen molar-refractivity contribution in [3.63, 3.8) is 0 Å². The number of benzene rings is 1. The summed E-state index contributed by atoms with van der Waals surface area (Å²) in [6, 6.07) is 3.38. The molecule has 0 bridgehead atoms. The summed E-state index contributed by atoms with van der Waals surface area (Å²) >= 11 is 0. The SMILES string of the molecule is O=C(Nc1ccc(F)c(F)c1)C1CCCC1. The van der Waals surface area contributed by atoms with Crippen LogP contribution in [0.4, 0.5) is 14.5 Å². The van der Waals surface area contributed by atoms with Gasteiger partial charge >= 0.3 is 0 Å². The van der Waals surface area contributed by atoms with E-state index in [4.69, 9.17) is 0 Å². The van der Waals surface area contributed by atoms with Crippen LogP contribution in [-0.2, 0) is 4.79 Å². The molecule has 1 aromatic rings. The van der Waals surface area contributed by atoms with Crippen LogP contribution in [0.25, 0.3) is 0 Å². The summed E-state index contributed by atoms with van der Waals surface area (Å²) in [5.41, 5.74) is 0.316. The zero-order valence-electron chi connectivity index (χ0n) is 8.80. The van der Waals surface area contributed by atoms with E-state index in [0.29, 0.717) is 5.69 Å². The van der Waals surface area contributed by atoms with Crippen LogP contribution in [0.2, 0.25) is 0 Å². The van der Waals surface area contributed by atoms with Crippen LogP contribution in [0.15, 0.2) is 18.2 Å². The minimum atomic E-state index is -0.941. The first-order valence-electron chi connectivity index (χ1n) is 5.43. The van der Waals surface area contributed by atoms with Gasteiger partial charge in [0.1, 0.15) is 0 Å². The van der Waals surface area contributed by atoms with Crippen LogP contribution in [-0.4, -0.2) is 5.91 Å². The molecule has 4 heteroatoms. The van der Waals surface area contributed by atoms with Crippen molar-refractivity contribution in [2.45, 2.75) is 25.7 Å². The summed E-state index contributed by atoms with van der Waals surface area (Å²) < 4.78 is 25.5. The summed E-state index contributed by atoms with van der Waals surface area (Å²) in [6.07, 6.45) is 3.90. The van der Waals surface area contributed by atoms with Gasteiger partial charge in [-0.2, -0.15) is 0 Å². The molecule has 1 aromatic carbocycles. The third-order valence-electron chi connectivity index (χ3n) is 2.91. The fourth-order valence-corrected chi connectivity index (χ4v) is 2.01. The predicted molar refractivity (Wildman–Crippen MR) is 56.9 cm³/mol. The van der Waals surface area contributed by atoms with Crippen LogP contribution in [0, 0.1) is 17.6 Å². The van der Waals surface area contributed by atoms with Crippen molar-refractivity contribution in [2.24, 2.45) is 5.92 Å². The van der Waals surface area contributed by atoms with Crippen molar-refractivity contribution in [1.29, 1.82) is 0 Å². The van der Waals surface area contributed by atoms with E-state index in [9.17, 15) is 13.6 Å². The lowest BCUT2D eigenvalue weighted by Gasteiger charge is -2.10. The largest absolute Gasteiger partial charge is 0.326 e. The van der Waals surface area contributed by atoms with Crippen LogP contribution in [0.1, 0.15) is 25.7 Å². The second-order valence-electron chi connectivity index (χ2n) is 4.10. The Kier molecular flexibility index (Phi) is 3.17. The van der Waals surface area contributed by atoms with Gasteiger partial charge < -0.3 is 5.32 Å². The number of anilines is 1. The summed E-state index contributed by atoms with van der Waals surface area (Å²) in [5, 5.41) is 2.61. The lowest BCUT2D eigenvalue weighted by atomic mass is 10.1. The second kappa shape index (κ2) is 4.60. The molecule has 1 aliphatic rings. The van der Waals surface area contributed by atoms with Gasteiger partial charge in [0.05, 0.1) is 0 Å². The van der Waals surface area contributed by atoms with Crippen molar-refractivity contribution in [3.8, 4) is 0 Å². The predicted octanol–water partition coefficient (Wildman–Crippen LogP) is 3.09. The van der Waals surface area contributed by atoms with E-state index in [1.54, 1.807) is 0 Å². The van der Waals surface area contributed by atoms with E-state index in [1.165, 1.54) is 6.07 Å². The molecule has 2 rings (SSSR count). The Morgan fingerprint density at radius 3 is 2.50 bits per heavy atom. The average molecular weight is 225 g/mol. The van der Waals surface area contributed by atoms with E-state index in [1.807, 2.05) is 0 Å². The van der Waals surface area contributed by atoms with Crippen molar-refractivity contribution in [3.05, 3.63) is 29.8 Å². The van der Waals surface area contributed by atoms with Gasteiger partial charge in [-0.3, -0.25) is 4.79 Å². The maximum absolute atomic E-state index is 12.9. The summed E-state index contributed by atoms with van der Waals surface area (Å²) in [4.78, 5) is 11.7. The summed E-state index contributed by atoms with van der Waals surface area (Å²) in [5.74, 6) is -1.92. The zero-order chi connectivity index (χ0) is 11.5. The fourth-order valence-electron chi connectivity index (χ4n) is 2.01. The molecule has 0 radical (unpaired) electrons. The summed E-state index contributed by atoms with van der Waals surface area (Å²) in [6.45, 7) is 0. The molecule has 1 fully saturated rings. The van der Waals surface area contributed by atoms with Crippen molar-refractivity contribution in [1.82, 2.24) is 0 Å². The molecule has 0 aromatic heterocycles. The maximum Gasteiger partial charge on any atom is 0.227 e. The monoisotopic (exact) mass is 225 g/mol. The molecule has 1 amide bonds. The Morgan fingerprint density at radius 2 is 1.88 bits per heavy atom. The Hall–Kier alpha value is -1.45. The van der Waals surface area contributed by atoms with E-state index < -0.39 is 11.6 Å². The Bertz CT molecular complexity index is 400. The van der Waals surface area contributed by atoms with Gasteiger partial charge in [-0.15, -0.1) is 0 Å². The van der Waals surface area contributed by atoms with E-state index in [0.717, 1.165) is 37.8 Å². The minimum Gasteiger partial charge on any atom is -0.326 e. The number of carbonyl (C=O) groups excluding carboxylic acids is 1. The van der Waals surface area contributed by atoms with E-state index >= 15 is 0 Å². The van der Waals surface area contributed by atoms with E-state index in [2.05, 4.69) is 5.32 Å². The highest BCUT2D eigenvalue weighted by Gasteiger charge is 2.22. The molecule has 0 heterocycles. The molecule has 16 heavy (non-hydrogen) atoms. The van der Waals surface area contributed by atoms with Crippen LogP contribution in [0.5, 0.6) is 0 Å². The van der Waals surface area contributed by atoms with Crippen molar-refractivity contribution >= 4 is 11.6 Å². The first-order valence-corrected chi connectivity index (χ1v) is 5.43. The molecular formula is C12H13F2NO. The van der Waals surface area contributed by atoms with Crippen molar-refractivity contribution < 1.29 is 13.6 Å². The number of hydrogen-bond acceptors (Lipinski definition) is 1. The van der Waals surface area contributed by atoms with Gasteiger partial charge in [0.15, 0.2) is 11.6 Å². The van der Waals surface area contributed by atoms with E-state index in [-0.39, 0.29) is 11.8 Å². The molecule has 0 unspecified atom stereocenters. The lowest BCUT2D eigenvalue weighted by molar-refractivity contribution is -0.119. The number of amides is 1. The molecule has 86 valence electrons. The lowest BCUT2D eigenvalue weighted by Crippen LogP contribution is -2.20. The van der Waals surface area contributed by atoms with Crippen LogP contribution < -0.4 is 5.32 Å². The first kappa shape index (κ1) is 11.0. The smallest absolute Gasteiger partial charge is 0.227 e. The zero-order valence-corrected chi connectivity index (χ0v) is 8.80. The summed E-state index contributed by atoms with van der Waals surface area (Å²) in [7, 11) is 0. The molecule has 1 saturated carbocycles. The first-order chi connectivity index (χ1) is 7.66. The van der Waals surface area contributed by atoms with Crippen LogP contribution >= 0.6 is 0 Å². The van der Waals surface area contributed by atoms with Gasteiger partial charge in [-0.05, 0) is 25.0 Å². The normalized spacial score (nSPS) is 16.4. The Morgan fingerprint density at radius 1 is 1.19 bits per heavy atom. The van der Waals surface area contributed by atoms with Gasteiger partial charge in [0.25, 0.3) is 0 Å². The molecular weight excluding hydrogens is 212 g/mol.